The number of carbonyl (C=O) groups excluding carboxylic acids is 1. The molecule has 116 valence electrons. The third-order valence-corrected chi connectivity index (χ3v) is 3.50. The quantitative estimate of drug-likeness (QED) is 0.625. The molecule has 3 heterocycles. The van der Waals surface area contributed by atoms with Crippen LogP contribution in [0.1, 0.15) is 10.4 Å². The van der Waals surface area contributed by atoms with Gasteiger partial charge in [0, 0.05) is 36.0 Å². The lowest BCUT2D eigenvalue weighted by Crippen LogP contribution is -2.11. The number of amides is 1. The standard InChI is InChI=1S/C18H12N4O2/c23-17(13-2-1-7-20-11-13)21-14-3-4-16-15(10-14)22-18(24-16)12-5-8-19-9-6-12/h1-11H,(H,21,23). The average Bonchev–Trinajstić information content (AvgIpc) is 3.06. The van der Waals surface area contributed by atoms with Gasteiger partial charge in [-0.1, -0.05) is 0 Å². The Morgan fingerprint density at radius 3 is 2.67 bits per heavy atom. The summed E-state index contributed by atoms with van der Waals surface area (Å²) in [5.41, 5.74) is 3.32. The molecule has 0 saturated heterocycles. The monoisotopic (exact) mass is 316 g/mol. The van der Waals surface area contributed by atoms with E-state index in [1.807, 2.05) is 12.1 Å². The SMILES string of the molecule is O=C(Nc1ccc2oc(-c3ccncc3)nc2c1)c1cccnc1. The second-order valence-corrected chi connectivity index (χ2v) is 5.13. The third kappa shape index (κ3) is 2.72. The van der Waals surface area contributed by atoms with Crippen LogP contribution in [0.5, 0.6) is 0 Å². The second-order valence-electron chi connectivity index (χ2n) is 5.13. The number of oxazole rings is 1. The fourth-order valence-corrected chi connectivity index (χ4v) is 2.32. The number of aromatic nitrogens is 3. The molecule has 0 unspecified atom stereocenters. The minimum atomic E-state index is -0.222. The molecule has 0 radical (unpaired) electrons. The normalized spacial score (nSPS) is 10.7. The highest BCUT2D eigenvalue weighted by Crippen LogP contribution is 2.25. The van der Waals surface area contributed by atoms with E-state index in [2.05, 4.69) is 20.3 Å². The molecule has 0 atom stereocenters. The maximum absolute atomic E-state index is 12.2. The van der Waals surface area contributed by atoms with Crippen molar-refractivity contribution in [1.29, 1.82) is 0 Å². The molecule has 3 aromatic heterocycles. The van der Waals surface area contributed by atoms with Gasteiger partial charge in [-0.25, -0.2) is 4.98 Å². The second kappa shape index (κ2) is 5.92. The summed E-state index contributed by atoms with van der Waals surface area (Å²) in [6.07, 6.45) is 6.51. The Bertz CT molecular complexity index is 997. The molecule has 0 bridgehead atoms. The molecule has 1 aromatic carbocycles. The molecular weight excluding hydrogens is 304 g/mol. The average molecular weight is 316 g/mol. The van der Waals surface area contributed by atoms with Crippen molar-refractivity contribution in [2.45, 2.75) is 0 Å². The number of nitrogens with one attached hydrogen (secondary N) is 1. The van der Waals surface area contributed by atoms with E-state index in [1.165, 1.54) is 6.20 Å². The first-order valence-corrected chi connectivity index (χ1v) is 7.32. The predicted molar refractivity (Wildman–Crippen MR) is 89.4 cm³/mol. The van der Waals surface area contributed by atoms with Crippen molar-refractivity contribution in [2.24, 2.45) is 0 Å². The Labute approximate surface area is 137 Å². The van der Waals surface area contributed by atoms with Gasteiger partial charge >= 0.3 is 0 Å². The van der Waals surface area contributed by atoms with Gasteiger partial charge in [-0.2, -0.15) is 0 Å². The fourth-order valence-electron chi connectivity index (χ4n) is 2.32. The number of anilines is 1. The number of pyridine rings is 2. The van der Waals surface area contributed by atoms with Crippen molar-refractivity contribution in [2.75, 3.05) is 5.32 Å². The summed E-state index contributed by atoms with van der Waals surface area (Å²) in [5, 5.41) is 2.83. The van der Waals surface area contributed by atoms with Crippen molar-refractivity contribution in [3.8, 4) is 11.5 Å². The number of hydrogen-bond acceptors (Lipinski definition) is 5. The maximum Gasteiger partial charge on any atom is 0.257 e. The Balaban J connectivity index is 1.63. The minimum Gasteiger partial charge on any atom is -0.436 e. The number of hydrogen-bond donors (Lipinski definition) is 1. The molecule has 0 aliphatic heterocycles. The van der Waals surface area contributed by atoms with Gasteiger partial charge in [0.2, 0.25) is 5.89 Å². The topological polar surface area (TPSA) is 80.9 Å². The molecule has 4 rings (SSSR count). The van der Waals surface area contributed by atoms with Gasteiger partial charge in [-0.3, -0.25) is 14.8 Å². The van der Waals surface area contributed by atoms with Crippen molar-refractivity contribution >= 4 is 22.7 Å². The first-order valence-electron chi connectivity index (χ1n) is 7.32. The van der Waals surface area contributed by atoms with E-state index in [9.17, 15) is 4.79 Å². The number of fused-ring (bicyclic) bond motifs is 1. The van der Waals surface area contributed by atoms with Gasteiger partial charge in [0.15, 0.2) is 5.58 Å². The van der Waals surface area contributed by atoms with Crippen molar-refractivity contribution in [1.82, 2.24) is 15.0 Å². The largest absolute Gasteiger partial charge is 0.436 e. The van der Waals surface area contributed by atoms with Crippen LogP contribution in [-0.4, -0.2) is 20.9 Å². The van der Waals surface area contributed by atoms with E-state index in [0.717, 1.165) is 5.56 Å². The zero-order valence-electron chi connectivity index (χ0n) is 12.5. The number of carbonyl (C=O) groups is 1. The molecular formula is C18H12N4O2. The highest BCUT2D eigenvalue weighted by Gasteiger charge is 2.10. The van der Waals surface area contributed by atoms with E-state index < -0.39 is 0 Å². The van der Waals surface area contributed by atoms with Crippen LogP contribution in [0.15, 0.2) is 71.7 Å². The first-order chi connectivity index (χ1) is 11.8. The summed E-state index contributed by atoms with van der Waals surface area (Å²) >= 11 is 0. The van der Waals surface area contributed by atoms with Crippen molar-refractivity contribution in [3.63, 3.8) is 0 Å². The lowest BCUT2D eigenvalue weighted by molar-refractivity contribution is 0.102. The zero-order chi connectivity index (χ0) is 16.4. The summed E-state index contributed by atoms with van der Waals surface area (Å²) in [7, 11) is 0. The molecule has 0 aliphatic rings. The summed E-state index contributed by atoms with van der Waals surface area (Å²) in [4.78, 5) is 24.6. The lowest BCUT2D eigenvalue weighted by Gasteiger charge is -2.04. The molecule has 6 heteroatoms. The Hall–Kier alpha value is -3.54. The molecule has 0 fully saturated rings. The van der Waals surface area contributed by atoms with Gasteiger partial charge in [0.05, 0.1) is 5.56 Å². The summed E-state index contributed by atoms with van der Waals surface area (Å²) < 4.78 is 5.74. The summed E-state index contributed by atoms with van der Waals surface area (Å²) in [6, 6.07) is 12.4. The third-order valence-electron chi connectivity index (χ3n) is 3.50. The Kier molecular flexibility index (Phi) is 3.47. The number of rotatable bonds is 3. The van der Waals surface area contributed by atoms with Crippen molar-refractivity contribution in [3.05, 3.63) is 72.8 Å². The lowest BCUT2D eigenvalue weighted by atomic mass is 10.2. The van der Waals surface area contributed by atoms with Crippen LogP contribution in [0.25, 0.3) is 22.6 Å². The molecule has 0 saturated carbocycles. The molecule has 24 heavy (non-hydrogen) atoms. The van der Waals surface area contributed by atoms with Crippen molar-refractivity contribution < 1.29 is 9.21 Å². The van der Waals surface area contributed by atoms with E-state index in [-0.39, 0.29) is 5.91 Å². The van der Waals surface area contributed by atoms with Gasteiger partial charge in [0.1, 0.15) is 5.52 Å². The molecule has 0 spiro atoms. The van der Waals surface area contributed by atoms with Crippen LogP contribution in [0.2, 0.25) is 0 Å². The van der Waals surface area contributed by atoms with Crippen LogP contribution >= 0.6 is 0 Å². The fraction of sp³-hybridized carbons (Fsp3) is 0. The van der Waals surface area contributed by atoms with E-state index in [4.69, 9.17) is 4.42 Å². The minimum absolute atomic E-state index is 0.222. The predicted octanol–water partition coefficient (Wildman–Crippen LogP) is 3.54. The smallest absolute Gasteiger partial charge is 0.257 e. The van der Waals surface area contributed by atoms with Crippen LogP contribution in [0, 0.1) is 0 Å². The first kappa shape index (κ1) is 14.1. The molecule has 1 N–H and O–H groups in total. The van der Waals surface area contributed by atoms with Crippen LogP contribution < -0.4 is 5.32 Å². The summed E-state index contributed by atoms with van der Waals surface area (Å²) in [6.45, 7) is 0. The van der Waals surface area contributed by atoms with E-state index >= 15 is 0 Å². The molecule has 0 aliphatic carbocycles. The summed E-state index contributed by atoms with van der Waals surface area (Å²) in [5.74, 6) is 0.295. The highest BCUT2D eigenvalue weighted by molar-refractivity contribution is 6.04. The van der Waals surface area contributed by atoms with Crippen LogP contribution in [-0.2, 0) is 0 Å². The zero-order valence-corrected chi connectivity index (χ0v) is 12.5. The Morgan fingerprint density at radius 1 is 1.00 bits per heavy atom. The number of benzene rings is 1. The van der Waals surface area contributed by atoms with Crippen LogP contribution in [0.4, 0.5) is 5.69 Å². The highest BCUT2D eigenvalue weighted by atomic mass is 16.3. The Morgan fingerprint density at radius 2 is 1.88 bits per heavy atom. The van der Waals surface area contributed by atoms with Gasteiger partial charge < -0.3 is 9.73 Å². The molecule has 1 amide bonds. The van der Waals surface area contributed by atoms with Gasteiger partial charge in [-0.05, 0) is 42.5 Å². The molecule has 6 nitrogen and oxygen atoms in total. The van der Waals surface area contributed by atoms with Gasteiger partial charge in [-0.15, -0.1) is 0 Å². The van der Waals surface area contributed by atoms with Crippen LogP contribution in [0.3, 0.4) is 0 Å². The van der Waals surface area contributed by atoms with Gasteiger partial charge in [0.25, 0.3) is 5.91 Å². The maximum atomic E-state index is 12.2. The molecule has 4 aromatic rings. The number of nitrogens with zero attached hydrogens (tertiary/aromatic N) is 3. The van der Waals surface area contributed by atoms with E-state index in [0.29, 0.717) is 28.2 Å². The van der Waals surface area contributed by atoms with E-state index in [1.54, 1.807) is 48.9 Å².